The van der Waals surface area contributed by atoms with Crippen LogP contribution in [0.4, 0.5) is 30.7 Å². The number of carbonyl (C=O) groups excluding carboxylic acids is 1. The topological polar surface area (TPSA) is 61.4 Å². The van der Waals surface area contributed by atoms with E-state index in [1.165, 1.54) is 18.2 Å². The fourth-order valence-electron chi connectivity index (χ4n) is 3.96. The molecule has 186 valence electrons. The number of hydrogen-bond acceptors (Lipinski definition) is 3. The van der Waals surface area contributed by atoms with Crippen LogP contribution in [0.5, 0.6) is 5.75 Å². The molecule has 0 bridgehead atoms. The largest absolute Gasteiger partial charge is 0.508 e. The number of carbonyl (C=O) groups is 1. The third-order valence-corrected chi connectivity index (χ3v) is 5.91. The van der Waals surface area contributed by atoms with Gasteiger partial charge in [-0.05, 0) is 61.9 Å². The van der Waals surface area contributed by atoms with E-state index in [1.54, 1.807) is 0 Å². The molecule has 2 aromatic rings. The van der Waals surface area contributed by atoms with Gasteiger partial charge in [0.05, 0.1) is 11.1 Å². The Hall–Kier alpha value is -2.82. The van der Waals surface area contributed by atoms with Crippen LogP contribution in [0.3, 0.4) is 0 Å². The minimum Gasteiger partial charge on any atom is -0.508 e. The molecule has 2 aromatic carbocycles. The summed E-state index contributed by atoms with van der Waals surface area (Å²) >= 11 is 0. The Morgan fingerprint density at radius 1 is 0.941 bits per heavy atom. The average molecular weight is 492 g/mol. The first-order valence-corrected chi connectivity index (χ1v) is 10.6. The average Bonchev–Trinajstić information content (AvgIpc) is 2.76. The molecular formula is C23H23F7N2O2. The minimum absolute atomic E-state index is 0.00301. The first-order chi connectivity index (χ1) is 15.8. The third kappa shape index (κ3) is 6.62. The summed E-state index contributed by atoms with van der Waals surface area (Å²) in [6, 6.07) is 4.87. The van der Waals surface area contributed by atoms with Crippen LogP contribution < -0.4 is 10.6 Å². The lowest BCUT2D eigenvalue weighted by Gasteiger charge is -2.29. The summed E-state index contributed by atoms with van der Waals surface area (Å²) in [5, 5.41) is 15.4. The zero-order valence-electron chi connectivity index (χ0n) is 17.9. The van der Waals surface area contributed by atoms with E-state index in [1.807, 2.05) is 0 Å². The molecule has 4 nitrogen and oxygen atoms in total. The van der Waals surface area contributed by atoms with Gasteiger partial charge in [-0.15, -0.1) is 0 Å². The van der Waals surface area contributed by atoms with Crippen LogP contribution in [0.1, 0.15) is 52.7 Å². The number of halogens is 7. The molecule has 1 aliphatic carbocycles. The van der Waals surface area contributed by atoms with Crippen molar-refractivity contribution in [2.75, 3.05) is 6.54 Å². The molecule has 1 saturated carbocycles. The maximum atomic E-state index is 13.8. The second-order valence-electron chi connectivity index (χ2n) is 8.34. The summed E-state index contributed by atoms with van der Waals surface area (Å²) in [6.45, 7) is 0.249. The Labute approximate surface area is 191 Å². The maximum absolute atomic E-state index is 13.8. The lowest BCUT2D eigenvalue weighted by atomic mass is 9.86. The number of alkyl halides is 6. The quantitative estimate of drug-likeness (QED) is 0.457. The molecule has 3 rings (SSSR count). The normalized spacial score (nSPS) is 19.1. The molecule has 0 spiro atoms. The summed E-state index contributed by atoms with van der Waals surface area (Å²) in [6.07, 6.45) is -7.40. The molecule has 1 fully saturated rings. The van der Waals surface area contributed by atoms with Gasteiger partial charge in [-0.25, -0.2) is 4.39 Å². The third-order valence-electron chi connectivity index (χ3n) is 5.91. The van der Waals surface area contributed by atoms with Crippen molar-refractivity contribution in [2.45, 2.75) is 50.6 Å². The van der Waals surface area contributed by atoms with E-state index in [9.17, 15) is 40.6 Å². The number of amides is 1. The number of nitrogens with one attached hydrogen (secondary N) is 2. The second kappa shape index (κ2) is 10.2. The molecule has 0 radical (unpaired) electrons. The van der Waals surface area contributed by atoms with Crippen LogP contribution in [-0.4, -0.2) is 23.6 Å². The van der Waals surface area contributed by atoms with E-state index in [0.717, 1.165) is 0 Å². The van der Waals surface area contributed by atoms with E-state index in [4.69, 9.17) is 0 Å². The van der Waals surface area contributed by atoms with Crippen molar-refractivity contribution >= 4 is 5.91 Å². The molecule has 3 N–H and O–H groups in total. The van der Waals surface area contributed by atoms with Crippen LogP contribution in [0, 0.1) is 11.7 Å². The van der Waals surface area contributed by atoms with Crippen LogP contribution >= 0.6 is 0 Å². The predicted octanol–water partition coefficient (Wildman–Crippen LogP) is 5.65. The van der Waals surface area contributed by atoms with Crippen molar-refractivity contribution in [1.82, 2.24) is 10.6 Å². The lowest BCUT2D eigenvalue weighted by molar-refractivity contribution is -0.143. The first kappa shape index (κ1) is 25.8. The number of phenolic OH excluding ortho intramolecular Hbond substituents is 1. The van der Waals surface area contributed by atoms with E-state index in [0.29, 0.717) is 37.8 Å². The zero-order chi connectivity index (χ0) is 25.1. The Bertz CT molecular complexity index is 961. The zero-order valence-corrected chi connectivity index (χ0v) is 17.9. The highest BCUT2D eigenvalue weighted by Gasteiger charge is 2.37. The predicted molar refractivity (Wildman–Crippen MR) is 109 cm³/mol. The number of aromatic hydroxyl groups is 1. The summed E-state index contributed by atoms with van der Waals surface area (Å²) in [4.78, 5) is 12.3. The van der Waals surface area contributed by atoms with E-state index < -0.39 is 40.8 Å². The molecular weight excluding hydrogens is 469 g/mol. The highest BCUT2D eigenvalue weighted by Crippen LogP contribution is 2.36. The first-order valence-electron chi connectivity index (χ1n) is 10.6. The molecule has 34 heavy (non-hydrogen) atoms. The Morgan fingerprint density at radius 2 is 1.53 bits per heavy atom. The van der Waals surface area contributed by atoms with Crippen LogP contribution in [-0.2, 0) is 18.9 Å². The number of phenols is 1. The van der Waals surface area contributed by atoms with Gasteiger partial charge in [-0.1, -0.05) is 6.07 Å². The Kier molecular flexibility index (Phi) is 7.74. The van der Waals surface area contributed by atoms with Gasteiger partial charge in [-0.2, -0.15) is 26.3 Å². The van der Waals surface area contributed by atoms with Crippen molar-refractivity contribution in [3.8, 4) is 5.75 Å². The maximum Gasteiger partial charge on any atom is 0.416 e. The Morgan fingerprint density at radius 3 is 2.06 bits per heavy atom. The van der Waals surface area contributed by atoms with Crippen molar-refractivity contribution in [2.24, 2.45) is 5.92 Å². The summed E-state index contributed by atoms with van der Waals surface area (Å²) in [5.74, 6) is -1.68. The number of rotatable bonds is 6. The van der Waals surface area contributed by atoms with Gasteiger partial charge >= 0.3 is 12.4 Å². The van der Waals surface area contributed by atoms with E-state index in [2.05, 4.69) is 10.6 Å². The lowest BCUT2D eigenvalue weighted by Crippen LogP contribution is -2.37. The standard InChI is InChI=1S/C23H23F7N2O2/c24-19-2-1-3-20(33)18(19)12-31-17-6-4-13(5-7-17)11-32-21(34)14-8-15(22(25,26)27)10-16(9-14)23(28,29)30/h1-3,8-10,13,17,31,33H,4-7,11-12H2,(H,32,34). The highest BCUT2D eigenvalue weighted by atomic mass is 19.4. The van der Waals surface area contributed by atoms with E-state index >= 15 is 0 Å². The van der Waals surface area contributed by atoms with Crippen LogP contribution in [0.2, 0.25) is 0 Å². The smallest absolute Gasteiger partial charge is 0.416 e. The molecule has 0 saturated heterocycles. The molecule has 1 aliphatic rings. The second-order valence-corrected chi connectivity index (χ2v) is 8.34. The van der Waals surface area contributed by atoms with Gasteiger partial charge in [0.2, 0.25) is 0 Å². The molecule has 0 aromatic heterocycles. The number of hydrogen-bond donors (Lipinski definition) is 3. The van der Waals surface area contributed by atoms with Gasteiger partial charge in [0.1, 0.15) is 11.6 Å². The summed E-state index contributed by atoms with van der Waals surface area (Å²) in [7, 11) is 0. The van der Waals surface area contributed by atoms with Crippen LogP contribution in [0.25, 0.3) is 0 Å². The molecule has 0 unspecified atom stereocenters. The van der Waals surface area contributed by atoms with Crippen molar-refractivity contribution in [1.29, 1.82) is 0 Å². The van der Waals surface area contributed by atoms with Crippen molar-refractivity contribution in [3.05, 3.63) is 64.5 Å². The van der Waals surface area contributed by atoms with Crippen molar-refractivity contribution < 1.29 is 40.6 Å². The monoisotopic (exact) mass is 492 g/mol. The highest BCUT2D eigenvalue weighted by molar-refractivity contribution is 5.94. The van der Waals surface area contributed by atoms with Gasteiger partial charge < -0.3 is 15.7 Å². The van der Waals surface area contributed by atoms with Gasteiger partial charge in [-0.3, -0.25) is 4.79 Å². The van der Waals surface area contributed by atoms with Gasteiger partial charge in [0.25, 0.3) is 5.91 Å². The van der Waals surface area contributed by atoms with Crippen LogP contribution in [0.15, 0.2) is 36.4 Å². The van der Waals surface area contributed by atoms with E-state index in [-0.39, 0.29) is 42.4 Å². The molecule has 11 heteroatoms. The Balaban J connectivity index is 1.53. The fourth-order valence-corrected chi connectivity index (χ4v) is 3.96. The van der Waals surface area contributed by atoms with Gasteiger partial charge in [0.15, 0.2) is 0 Å². The number of benzene rings is 2. The summed E-state index contributed by atoms with van der Waals surface area (Å²) < 4.78 is 91.7. The summed E-state index contributed by atoms with van der Waals surface area (Å²) in [5.41, 5.74) is -3.63. The SMILES string of the molecule is O=C(NCC1CCC(NCc2c(O)cccc2F)CC1)c1cc(C(F)(F)F)cc(C(F)(F)F)c1. The molecule has 0 atom stereocenters. The minimum atomic E-state index is -5.03. The van der Waals surface area contributed by atoms with Gasteiger partial charge in [0, 0.05) is 30.3 Å². The molecule has 0 heterocycles. The molecule has 0 aliphatic heterocycles. The molecule has 1 amide bonds. The fraction of sp³-hybridized carbons (Fsp3) is 0.435. The van der Waals surface area contributed by atoms with Crippen molar-refractivity contribution in [3.63, 3.8) is 0 Å².